The molecule has 0 spiro atoms. The molecule has 0 aliphatic carbocycles. The average Bonchev–Trinajstić information content (AvgIpc) is 2.94. The van der Waals surface area contributed by atoms with Crippen LogP contribution in [0.25, 0.3) is 0 Å². The van der Waals surface area contributed by atoms with Gasteiger partial charge in [-0.3, -0.25) is 0 Å². The van der Waals surface area contributed by atoms with Crippen molar-refractivity contribution in [2.75, 3.05) is 18.5 Å². The molecular weight excluding hydrogens is 295 g/mol. The Morgan fingerprint density at radius 3 is 2.88 bits per heavy atom. The Balaban J connectivity index is 1.96. The Morgan fingerprint density at radius 1 is 1.47 bits per heavy atom. The molecule has 0 atom stereocenters. The Morgan fingerprint density at radius 2 is 2.29 bits per heavy atom. The van der Waals surface area contributed by atoms with E-state index < -0.39 is 0 Å². The lowest BCUT2D eigenvalue weighted by atomic mass is 10.3. The van der Waals surface area contributed by atoms with Crippen molar-refractivity contribution >= 4 is 51.0 Å². The van der Waals surface area contributed by atoms with Crippen molar-refractivity contribution in [1.82, 2.24) is 4.98 Å². The predicted molar refractivity (Wildman–Crippen MR) is 78.0 cm³/mol. The van der Waals surface area contributed by atoms with Crippen LogP contribution in [0, 0.1) is 0 Å². The summed E-state index contributed by atoms with van der Waals surface area (Å²) >= 11 is 15.1. The summed E-state index contributed by atoms with van der Waals surface area (Å²) in [5.74, 6) is 0.426. The van der Waals surface area contributed by atoms with E-state index in [9.17, 15) is 0 Å². The van der Waals surface area contributed by atoms with Gasteiger partial charge in [-0.05, 0) is 17.9 Å². The third-order valence-electron chi connectivity index (χ3n) is 2.36. The highest BCUT2D eigenvalue weighted by Gasteiger charge is 2.11. The normalized spacial score (nSPS) is 10.8. The monoisotopic (exact) mass is 306 g/mol. The van der Waals surface area contributed by atoms with Crippen LogP contribution in [0.15, 0.2) is 17.5 Å². The maximum atomic E-state index is 5.98. The number of hydrogen-bond acceptors (Lipinski definition) is 4. The summed E-state index contributed by atoms with van der Waals surface area (Å²) in [4.78, 5) is 8.75. The zero-order valence-electron chi connectivity index (χ0n) is 9.32. The third-order valence-corrected chi connectivity index (χ3v) is 5.32. The molecule has 2 rings (SSSR count). The van der Waals surface area contributed by atoms with Crippen molar-refractivity contribution in [2.45, 2.75) is 12.3 Å². The Kier molecular flexibility index (Phi) is 4.68. The largest absolute Gasteiger partial charge is 0.351 e. The van der Waals surface area contributed by atoms with Crippen molar-refractivity contribution in [1.29, 1.82) is 0 Å². The maximum absolute atomic E-state index is 5.98. The minimum Gasteiger partial charge on any atom is -0.351 e. The van der Waals surface area contributed by atoms with Crippen molar-refractivity contribution in [3.05, 3.63) is 32.4 Å². The lowest BCUT2D eigenvalue weighted by molar-refractivity contribution is 0.881. The van der Waals surface area contributed by atoms with Crippen molar-refractivity contribution < 1.29 is 0 Å². The van der Waals surface area contributed by atoms with Crippen molar-refractivity contribution in [2.24, 2.45) is 0 Å². The van der Waals surface area contributed by atoms with E-state index in [0.717, 1.165) is 23.0 Å². The van der Waals surface area contributed by atoms with Gasteiger partial charge in [-0.25, -0.2) is 4.98 Å². The van der Waals surface area contributed by atoms with Crippen molar-refractivity contribution in [3.8, 4) is 0 Å². The number of thiophene rings is 1. The number of nitrogens with zero attached hydrogens (tertiary/aromatic N) is 2. The number of alkyl halides is 1. The highest BCUT2D eigenvalue weighted by molar-refractivity contribution is 7.16. The van der Waals surface area contributed by atoms with E-state index in [4.69, 9.17) is 23.2 Å². The summed E-state index contributed by atoms with van der Waals surface area (Å²) in [5.41, 5.74) is 0. The first-order valence-corrected chi connectivity index (χ1v) is 7.76. The van der Waals surface area contributed by atoms with Crippen LogP contribution < -0.4 is 4.90 Å². The predicted octanol–water partition coefficient (Wildman–Crippen LogP) is 4.28. The highest BCUT2D eigenvalue weighted by Crippen LogP contribution is 2.30. The molecule has 2 nitrogen and oxygen atoms in total. The fraction of sp³-hybridized carbons (Fsp3) is 0.364. The molecule has 0 saturated heterocycles. The quantitative estimate of drug-likeness (QED) is 0.767. The van der Waals surface area contributed by atoms with Gasteiger partial charge in [0.2, 0.25) is 0 Å². The third kappa shape index (κ3) is 3.35. The van der Waals surface area contributed by atoms with Gasteiger partial charge in [0.1, 0.15) is 5.15 Å². The molecule has 0 aliphatic rings. The standard InChI is InChI=1S/C11H12Cl2N2S2/c1-15(5-4-8-3-2-6-16-8)11-14-10(13)9(7-12)17-11/h2-3,6H,4-5,7H2,1H3. The van der Waals surface area contributed by atoms with Gasteiger partial charge in [0, 0.05) is 18.5 Å². The summed E-state index contributed by atoms with van der Waals surface area (Å²) in [6, 6.07) is 4.23. The van der Waals surface area contributed by atoms with Gasteiger partial charge >= 0.3 is 0 Å². The smallest absolute Gasteiger partial charge is 0.186 e. The molecule has 0 fully saturated rings. The Bertz CT molecular complexity index is 468. The molecule has 0 radical (unpaired) electrons. The molecule has 0 amide bonds. The van der Waals surface area contributed by atoms with Gasteiger partial charge in [-0.15, -0.1) is 22.9 Å². The second-order valence-electron chi connectivity index (χ2n) is 3.59. The first-order chi connectivity index (χ1) is 8.20. The molecule has 17 heavy (non-hydrogen) atoms. The highest BCUT2D eigenvalue weighted by atomic mass is 35.5. The van der Waals surface area contributed by atoms with Crippen LogP contribution in [0.2, 0.25) is 5.15 Å². The van der Waals surface area contributed by atoms with Crippen LogP contribution in [-0.2, 0) is 12.3 Å². The summed E-state index contributed by atoms with van der Waals surface area (Å²) in [6.07, 6.45) is 1.03. The maximum Gasteiger partial charge on any atom is 0.186 e. The van der Waals surface area contributed by atoms with E-state index in [1.807, 2.05) is 7.05 Å². The van der Waals surface area contributed by atoms with Gasteiger partial charge in [-0.1, -0.05) is 29.0 Å². The summed E-state index contributed by atoms with van der Waals surface area (Å²) in [7, 11) is 2.03. The van der Waals surface area contributed by atoms with Crippen molar-refractivity contribution in [3.63, 3.8) is 0 Å². The molecule has 0 saturated carbocycles. The molecule has 0 aliphatic heterocycles. The molecule has 2 heterocycles. The molecule has 2 aromatic rings. The zero-order valence-corrected chi connectivity index (χ0v) is 12.5. The minimum atomic E-state index is 0.426. The number of anilines is 1. The van der Waals surface area contributed by atoms with Gasteiger partial charge in [-0.2, -0.15) is 0 Å². The fourth-order valence-corrected chi connectivity index (χ4v) is 3.55. The number of aromatic nitrogens is 1. The van der Waals surface area contributed by atoms with Gasteiger partial charge in [0.25, 0.3) is 0 Å². The average molecular weight is 307 g/mol. The molecule has 0 N–H and O–H groups in total. The molecule has 2 aromatic heterocycles. The van der Waals surface area contributed by atoms with Crippen LogP contribution >= 0.6 is 45.9 Å². The summed E-state index contributed by atoms with van der Waals surface area (Å²) < 4.78 is 0. The SMILES string of the molecule is CN(CCc1cccs1)c1nc(Cl)c(CCl)s1. The number of halogens is 2. The van der Waals surface area contributed by atoms with Gasteiger partial charge < -0.3 is 4.90 Å². The first kappa shape index (κ1) is 13.1. The van der Waals surface area contributed by atoms with Crippen LogP contribution in [0.5, 0.6) is 0 Å². The van der Waals surface area contributed by atoms with Crippen LogP contribution in [0.3, 0.4) is 0 Å². The minimum absolute atomic E-state index is 0.426. The van der Waals surface area contributed by atoms with E-state index >= 15 is 0 Å². The van der Waals surface area contributed by atoms with Crippen LogP contribution in [0.1, 0.15) is 9.75 Å². The summed E-state index contributed by atoms with van der Waals surface area (Å²) in [5, 5.41) is 3.56. The van der Waals surface area contributed by atoms with E-state index in [0.29, 0.717) is 11.0 Å². The van der Waals surface area contributed by atoms with E-state index in [1.54, 1.807) is 22.7 Å². The second kappa shape index (κ2) is 6.05. The first-order valence-electron chi connectivity index (χ1n) is 5.15. The lowest BCUT2D eigenvalue weighted by Gasteiger charge is -2.14. The second-order valence-corrected chi connectivity index (χ2v) is 6.31. The number of thiazole rings is 1. The molecular formula is C11H12Cl2N2S2. The topological polar surface area (TPSA) is 16.1 Å². The molecule has 0 bridgehead atoms. The fourth-order valence-electron chi connectivity index (χ4n) is 1.40. The Labute approximate surface area is 119 Å². The number of rotatable bonds is 5. The van der Waals surface area contributed by atoms with E-state index in [-0.39, 0.29) is 0 Å². The van der Waals surface area contributed by atoms with Crippen LogP contribution in [-0.4, -0.2) is 18.6 Å². The van der Waals surface area contributed by atoms with Gasteiger partial charge in [0.05, 0.1) is 10.8 Å². The van der Waals surface area contributed by atoms with Crippen LogP contribution in [0.4, 0.5) is 5.13 Å². The lowest BCUT2D eigenvalue weighted by Crippen LogP contribution is -2.19. The summed E-state index contributed by atoms with van der Waals surface area (Å²) in [6.45, 7) is 0.937. The van der Waals surface area contributed by atoms with Gasteiger partial charge in [0.15, 0.2) is 5.13 Å². The zero-order chi connectivity index (χ0) is 12.3. The van der Waals surface area contributed by atoms with E-state index in [1.165, 1.54) is 4.88 Å². The number of likely N-dealkylation sites (N-methyl/N-ethyl adjacent to an activating group) is 1. The molecule has 6 heteroatoms. The Hall–Kier alpha value is -0.290. The molecule has 0 unspecified atom stereocenters. The number of hydrogen-bond donors (Lipinski definition) is 0. The van der Waals surface area contributed by atoms with E-state index in [2.05, 4.69) is 27.4 Å². The molecule has 92 valence electrons. The molecule has 0 aromatic carbocycles.